The predicted molar refractivity (Wildman–Crippen MR) is 95.0 cm³/mol. The molecule has 41 heavy (non-hydrogen) atoms. The summed E-state index contributed by atoms with van der Waals surface area (Å²) >= 11 is 0. The number of rotatable bonds is 11. The van der Waals surface area contributed by atoms with Gasteiger partial charge in [0, 0.05) is 0 Å². The first-order valence-corrected chi connectivity index (χ1v) is 9.68. The van der Waals surface area contributed by atoms with Crippen molar-refractivity contribution in [3.8, 4) is 5.75 Å². The second kappa shape index (κ2) is 10.7. The summed E-state index contributed by atoms with van der Waals surface area (Å²) in [6.07, 6.45) is -7.86. The van der Waals surface area contributed by atoms with Gasteiger partial charge < -0.3 is 14.6 Å². The van der Waals surface area contributed by atoms with Gasteiger partial charge >= 0.3 is 59.7 Å². The Morgan fingerprint density at radius 3 is 1.51 bits per heavy atom. The van der Waals surface area contributed by atoms with Gasteiger partial charge in [-0.1, -0.05) is 0 Å². The summed E-state index contributed by atoms with van der Waals surface area (Å²) < 4.78 is 234. The molecule has 1 N–H and O–H groups in total. The standard InChI is InChI=1S/C19H9F17O5/c1-2-40-12(39)7-3-6(11(37)38)4-8(5-7)41-10(21)9(20)13(22,23)14(24,25)15(26,27)16(28,29)17(30,31)18(32,33)19(34,35)36/h3-5H,2H2,1H3,(H,37,38). The van der Waals surface area contributed by atoms with Gasteiger partial charge in [0.15, 0.2) is 0 Å². The van der Waals surface area contributed by atoms with Crippen LogP contribution < -0.4 is 4.74 Å². The molecule has 5 nitrogen and oxygen atoms in total. The Morgan fingerprint density at radius 2 is 1.10 bits per heavy atom. The van der Waals surface area contributed by atoms with Crippen LogP contribution in [0.4, 0.5) is 74.6 Å². The Kier molecular flexibility index (Phi) is 9.30. The Morgan fingerprint density at radius 1 is 0.683 bits per heavy atom. The van der Waals surface area contributed by atoms with E-state index in [9.17, 15) is 84.2 Å². The van der Waals surface area contributed by atoms with Crippen molar-refractivity contribution in [2.45, 2.75) is 48.6 Å². The highest BCUT2D eigenvalue weighted by Gasteiger charge is 2.93. The third-order valence-corrected chi connectivity index (χ3v) is 4.65. The van der Waals surface area contributed by atoms with E-state index < -0.39 is 89.0 Å². The minimum Gasteiger partial charge on any atom is -0.478 e. The van der Waals surface area contributed by atoms with Gasteiger partial charge in [-0.15, -0.1) is 0 Å². The first-order valence-electron chi connectivity index (χ1n) is 9.68. The SMILES string of the molecule is CCOC(=O)c1cc(OC(F)=C(F)C(F)(F)C(F)(F)C(F)(F)C(F)(F)C(F)(F)C(F)(F)C(F)(F)F)cc(C(=O)O)c1. The van der Waals surface area contributed by atoms with Crippen molar-refractivity contribution in [1.82, 2.24) is 0 Å². The molecule has 0 amide bonds. The number of carbonyl (C=O) groups excluding carboxylic acids is 1. The maximum atomic E-state index is 13.9. The van der Waals surface area contributed by atoms with Crippen LogP contribution in [-0.4, -0.2) is 65.4 Å². The smallest absolute Gasteiger partial charge is 0.460 e. The van der Waals surface area contributed by atoms with E-state index in [4.69, 9.17) is 5.11 Å². The highest BCUT2D eigenvalue weighted by Crippen LogP contribution is 2.63. The molecular weight excluding hydrogens is 631 g/mol. The third kappa shape index (κ3) is 5.68. The van der Waals surface area contributed by atoms with E-state index in [-0.39, 0.29) is 12.1 Å². The number of carboxylic acid groups (broad SMARTS) is 1. The van der Waals surface area contributed by atoms with E-state index in [1.54, 1.807) is 0 Å². The molecule has 1 aromatic rings. The quantitative estimate of drug-likeness (QED) is 0.155. The number of esters is 1. The molecule has 0 aliphatic rings. The molecule has 1 aromatic carbocycles. The molecule has 0 radical (unpaired) electrons. The molecule has 0 saturated carbocycles. The first kappa shape index (κ1) is 35.5. The number of alkyl halides is 15. The van der Waals surface area contributed by atoms with Crippen molar-refractivity contribution in [2.75, 3.05) is 6.61 Å². The molecule has 0 aliphatic carbocycles. The number of carbonyl (C=O) groups is 2. The average molecular weight is 640 g/mol. The second-order valence-electron chi connectivity index (χ2n) is 7.41. The van der Waals surface area contributed by atoms with Crippen molar-refractivity contribution in [3.63, 3.8) is 0 Å². The van der Waals surface area contributed by atoms with E-state index in [1.807, 2.05) is 0 Å². The molecular formula is C19H9F17O5. The van der Waals surface area contributed by atoms with Crippen molar-refractivity contribution < 1.29 is 98.8 Å². The summed E-state index contributed by atoms with van der Waals surface area (Å²) in [4.78, 5) is 22.8. The molecule has 0 spiro atoms. The fraction of sp³-hybridized carbons (Fsp3) is 0.474. The summed E-state index contributed by atoms with van der Waals surface area (Å²) in [5.41, 5.74) is -2.05. The zero-order chi connectivity index (χ0) is 32.8. The molecule has 1 rings (SSSR count). The van der Waals surface area contributed by atoms with Gasteiger partial charge in [0.05, 0.1) is 17.7 Å². The molecule has 0 aliphatic heterocycles. The van der Waals surface area contributed by atoms with Crippen molar-refractivity contribution in [1.29, 1.82) is 0 Å². The molecule has 0 aromatic heterocycles. The van der Waals surface area contributed by atoms with E-state index in [1.165, 1.54) is 6.92 Å². The molecule has 0 heterocycles. The highest BCUT2D eigenvalue weighted by atomic mass is 19.4. The number of carboxylic acids is 1. The van der Waals surface area contributed by atoms with Crippen LogP contribution in [0.5, 0.6) is 5.75 Å². The zero-order valence-corrected chi connectivity index (χ0v) is 18.9. The summed E-state index contributed by atoms with van der Waals surface area (Å²) in [6, 6.07) is -3.17. The normalized spacial score (nSPS) is 14.9. The number of hydrogen-bond donors (Lipinski definition) is 1. The van der Waals surface area contributed by atoms with Crippen molar-refractivity contribution >= 4 is 11.9 Å². The summed E-state index contributed by atoms with van der Waals surface area (Å²) in [6.45, 7) is 0.777. The molecule has 0 fully saturated rings. The third-order valence-electron chi connectivity index (χ3n) is 4.65. The van der Waals surface area contributed by atoms with Crippen LogP contribution in [-0.2, 0) is 4.74 Å². The van der Waals surface area contributed by atoms with Crippen LogP contribution in [0.2, 0.25) is 0 Å². The topological polar surface area (TPSA) is 72.8 Å². The van der Waals surface area contributed by atoms with Gasteiger partial charge in [-0.2, -0.15) is 74.6 Å². The number of aromatic carboxylic acids is 1. The van der Waals surface area contributed by atoms with Crippen LogP contribution in [0.15, 0.2) is 30.0 Å². The molecule has 0 atom stereocenters. The van der Waals surface area contributed by atoms with Crippen molar-refractivity contribution in [3.05, 3.63) is 41.2 Å². The number of allylic oxidation sites excluding steroid dienone is 1. The summed E-state index contributed by atoms with van der Waals surface area (Å²) in [5.74, 6) is -60.2. The summed E-state index contributed by atoms with van der Waals surface area (Å²) in [5, 5.41) is 8.92. The fourth-order valence-corrected chi connectivity index (χ4v) is 2.49. The van der Waals surface area contributed by atoms with Gasteiger partial charge in [0.2, 0.25) is 5.83 Å². The average Bonchev–Trinajstić information content (AvgIpc) is 2.81. The number of ether oxygens (including phenoxy) is 2. The van der Waals surface area contributed by atoms with Crippen LogP contribution in [0, 0.1) is 0 Å². The Bertz CT molecular complexity index is 1200. The molecule has 22 heteroatoms. The number of halogens is 17. The molecule has 0 bridgehead atoms. The lowest BCUT2D eigenvalue weighted by molar-refractivity contribution is -0.451. The van der Waals surface area contributed by atoms with E-state index in [0.717, 1.165) is 0 Å². The Hall–Kier alpha value is -3.49. The number of hydrogen-bond acceptors (Lipinski definition) is 4. The van der Waals surface area contributed by atoms with Crippen LogP contribution in [0.25, 0.3) is 0 Å². The van der Waals surface area contributed by atoms with Crippen LogP contribution >= 0.6 is 0 Å². The van der Waals surface area contributed by atoms with Gasteiger partial charge in [0.1, 0.15) is 5.75 Å². The zero-order valence-electron chi connectivity index (χ0n) is 18.9. The summed E-state index contributed by atoms with van der Waals surface area (Å²) in [7, 11) is 0. The van der Waals surface area contributed by atoms with E-state index in [0.29, 0.717) is 6.07 Å². The Labute approximate surface area is 214 Å². The van der Waals surface area contributed by atoms with Crippen LogP contribution in [0.1, 0.15) is 27.6 Å². The first-order chi connectivity index (χ1) is 18.1. The second-order valence-corrected chi connectivity index (χ2v) is 7.41. The van der Waals surface area contributed by atoms with Gasteiger partial charge in [-0.3, -0.25) is 0 Å². The largest absolute Gasteiger partial charge is 0.478 e. The van der Waals surface area contributed by atoms with Crippen LogP contribution in [0.3, 0.4) is 0 Å². The van der Waals surface area contributed by atoms with E-state index >= 15 is 0 Å². The number of benzene rings is 1. The Balaban J connectivity index is 3.68. The van der Waals surface area contributed by atoms with E-state index in [2.05, 4.69) is 9.47 Å². The van der Waals surface area contributed by atoms with Gasteiger partial charge in [-0.25, -0.2) is 9.59 Å². The molecule has 0 saturated heterocycles. The molecule has 0 unspecified atom stereocenters. The van der Waals surface area contributed by atoms with Crippen molar-refractivity contribution in [2.24, 2.45) is 0 Å². The molecule has 234 valence electrons. The van der Waals surface area contributed by atoms with Gasteiger partial charge in [0.25, 0.3) is 0 Å². The minimum atomic E-state index is -8.74. The van der Waals surface area contributed by atoms with Gasteiger partial charge in [-0.05, 0) is 25.1 Å². The predicted octanol–water partition coefficient (Wildman–Crippen LogP) is 7.42. The lowest BCUT2D eigenvalue weighted by atomic mass is 9.91. The fourth-order valence-electron chi connectivity index (χ4n) is 2.49. The lowest BCUT2D eigenvalue weighted by Gasteiger charge is -2.41. The highest BCUT2D eigenvalue weighted by molar-refractivity contribution is 5.95. The monoisotopic (exact) mass is 640 g/mol. The maximum absolute atomic E-state index is 13.9. The maximum Gasteiger partial charge on any atom is 0.460 e. The minimum absolute atomic E-state index is 0.0523. The lowest BCUT2D eigenvalue weighted by Crippen LogP contribution is -2.72.